The van der Waals surface area contributed by atoms with Crippen LogP contribution in [0.1, 0.15) is 67.2 Å². The first-order valence-electron chi connectivity index (χ1n) is 8.75. The van der Waals surface area contributed by atoms with Crippen molar-refractivity contribution in [3.8, 4) is 0 Å². The summed E-state index contributed by atoms with van der Waals surface area (Å²) < 4.78 is 5.37. The SMILES string of the molecule is CC(C)(C)OC(=O)N1CC(N)(C2(O)CCC(C(C)(C)C)CC2)C1. The Morgan fingerprint density at radius 2 is 1.61 bits per heavy atom. The molecular weight excluding hydrogens is 292 g/mol. The number of likely N-dealkylation sites (tertiary alicyclic amines) is 1. The monoisotopic (exact) mass is 326 g/mol. The van der Waals surface area contributed by atoms with Crippen molar-refractivity contribution in [3.63, 3.8) is 0 Å². The average molecular weight is 326 g/mol. The zero-order valence-electron chi connectivity index (χ0n) is 15.6. The highest BCUT2D eigenvalue weighted by atomic mass is 16.6. The molecule has 2 aliphatic rings. The Morgan fingerprint density at radius 3 is 2.00 bits per heavy atom. The number of hydrogen-bond acceptors (Lipinski definition) is 4. The van der Waals surface area contributed by atoms with Crippen LogP contribution < -0.4 is 5.73 Å². The molecule has 0 unspecified atom stereocenters. The summed E-state index contributed by atoms with van der Waals surface area (Å²) >= 11 is 0. The third kappa shape index (κ3) is 3.82. The second-order valence-corrected chi connectivity index (χ2v) is 9.66. The first-order chi connectivity index (χ1) is 10.3. The fourth-order valence-corrected chi connectivity index (χ4v) is 3.84. The van der Waals surface area contributed by atoms with Crippen LogP contribution in [0.4, 0.5) is 4.79 Å². The number of ether oxygens (including phenoxy) is 1. The van der Waals surface area contributed by atoms with Crippen LogP contribution in [0.5, 0.6) is 0 Å². The van der Waals surface area contributed by atoms with Crippen LogP contribution in [-0.2, 0) is 4.74 Å². The van der Waals surface area contributed by atoms with Gasteiger partial charge in [0.05, 0.1) is 11.1 Å². The molecule has 1 saturated heterocycles. The molecule has 0 aromatic heterocycles. The van der Waals surface area contributed by atoms with Crippen LogP contribution in [0, 0.1) is 11.3 Å². The van der Waals surface area contributed by atoms with E-state index in [1.165, 1.54) is 0 Å². The summed E-state index contributed by atoms with van der Waals surface area (Å²) in [6.45, 7) is 13.1. The fraction of sp³-hybridized carbons (Fsp3) is 0.944. The van der Waals surface area contributed by atoms with Gasteiger partial charge in [0.2, 0.25) is 0 Å². The summed E-state index contributed by atoms with van der Waals surface area (Å²) in [6.07, 6.45) is 3.07. The maximum absolute atomic E-state index is 12.1. The molecule has 3 N–H and O–H groups in total. The van der Waals surface area contributed by atoms with E-state index >= 15 is 0 Å². The second-order valence-electron chi connectivity index (χ2n) is 9.66. The lowest BCUT2D eigenvalue weighted by atomic mass is 9.61. The maximum Gasteiger partial charge on any atom is 0.410 e. The van der Waals surface area contributed by atoms with Gasteiger partial charge in [-0.15, -0.1) is 0 Å². The van der Waals surface area contributed by atoms with Crippen LogP contribution in [0.15, 0.2) is 0 Å². The quantitative estimate of drug-likeness (QED) is 0.777. The molecule has 5 heteroatoms. The minimum absolute atomic E-state index is 0.269. The number of rotatable bonds is 1. The molecular formula is C18H34N2O3. The Morgan fingerprint density at radius 1 is 1.13 bits per heavy atom. The summed E-state index contributed by atoms with van der Waals surface area (Å²) in [5, 5.41) is 11.1. The van der Waals surface area contributed by atoms with E-state index in [-0.39, 0.29) is 11.5 Å². The van der Waals surface area contributed by atoms with Crippen LogP contribution in [0.2, 0.25) is 0 Å². The molecule has 5 nitrogen and oxygen atoms in total. The fourth-order valence-electron chi connectivity index (χ4n) is 3.84. The Balaban J connectivity index is 1.92. The molecule has 1 heterocycles. The highest BCUT2D eigenvalue weighted by Gasteiger charge is 2.57. The number of hydrogen-bond donors (Lipinski definition) is 2. The maximum atomic E-state index is 12.1. The van der Waals surface area contributed by atoms with Gasteiger partial charge in [0, 0.05) is 13.1 Å². The topological polar surface area (TPSA) is 75.8 Å². The number of carbonyl (C=O) groups is 1. The summed E-state index contributed by atoms with van der Waals surface area (Å²) in [4.78, 5) is 13.7. The van der Waals surface area contributed by atoms with Crippen LogP contribution in [0.25, 0.3) is 0 Å². The van der Waals surface area contributed by atoms with E-state index in [0.717, 1.165) is 12.8 Å². The highest BCUT2D eigenvalue weighted by molar-refractivity contribution is 5.70. The first kappa shape index (κ1) is 18.5. The Kier molecular flexibility index (Phi) is 4.53. The van der Waals surface area contributed by atoms with Crippen molar-refractivity contribution in [2.45, 2.75) is 84.0 Å². The lowest BCUT2D eigenvalue weighted by molar-refractivity contribution is -0.132. The van der Waals surface area contributed by atoms with Gasteiger partial charge < -0.3 is 20.5 Å². The molecule has 0 spiro atoms. The predicted molar refractivity (Wildman–Crippen MR) is 91.1 cm³/mol. The Labute approximate surface area is 140 Å². The van der Waals surface area contributed by atoms with E-state index in [9.17, 15) is 9.90 Å². The number of amides is 1. The molecule has 1 aliphatic heterocycles. The minimum atomic E-state index is -0.868. The number of carbonyl (C=O) groups excluding carboxylic acids is 1. The molecule has 2 fully saturated rings. The van der Waals surface area contributed by atoms with E-state index in [2.05, 4.69) is 20.8 Å². The van der Waals surface area contributed by atoms with Crippen molar-refractivity contribution in [2.24, 2.45) is 17.1 Å². The van der Waals surface area contributed by atoms with Crippen molar-refractivity contribution in [1.29, 1.82) is 0 Å². The summed E-state index contributed by atoms with van der Waals surface area (Å²) in [5.74, 6) is 0.619. The van der Waals surface area contributed by atoms with E-state index in [4.69, 9.17) is 10.5 Å². The standard InChI is InChI=1S/C18H34N2O3/c1-15(2,3)13-7-9-18(22,10-8-13)17(19)11-20(12-17)14(21)23-16(4,5)6/h13,22H,7-12,19H2,1-6H3. The molecule has 0 radical (unpaired) electrons. The summed E-state index contributed by atoms with van der Waals surface area (Å²) in [7, 11) is 0. The van der Waals surface area contributed by atoms with Gasteiger partial charge in [-0.1, -0.05) is 20.8 Å². The van der Waals surface area contributed by atoms with Gasteiger partial charge in [-0.25, -0.2) is 4.79 Å². The Hall–Kier alpha value is -0.810. The normalized spacial score (nSPS) is 31.5. The second kappa shape index (κ2) is 5.62. The molecule has 1 amide bonds. The van der Waals surface area contributed by atoms with Gasteiger partial charge >= 0.3 is 6.09 Å². The molecule has 23 heavy (non-hydrogen) atoms. The van der Waals surface area contributed by atoms with Crippen LogP contribution in [0.3, 0.4) is 0 Å². The summed E-state index contributed by atoms with van der Waals surface area (Å²) in [5.41, 5.74) is 4.65. The number of nitrogens with zero attached hydrogens (tertiary/aromatic N) is 1. The van der Waals surface area contributed by atoms with E-state index in [1.54, 1.807) is 4.90 Å². The van der Waals surface area contributed by atoms with Gasteiger partial charge in [0.15, 0.2) is 0 Å². The highest BCUT2D eigenvalue weighted by Crippen LogP contribution is 2.46. The largest absolute Gasteiger partial charge is 0.444 e. The lowest BCUT2D eigenvalue weighted by Crippen LogP contribution is -2.79. The average Bonchev–Trinajstić information content (AvgIpc) is 2.31. The molecule has 134 valence electrons. The predicted octanol–water partition coefficient (Wildman–Crippen LogP) is 2.90. The molecule has 0 aromatic rings. The van der Waals surface area contributed by atoms with Gasteiger partial charge in [0.25, 0.3) is 0 Å². The van der Waals surface area contributed by atoms with Crippen molar-refractivity contribution in [1.82, 2.24) is 4.90 Å². The van der Waals surface area contributed by atoms with Crippen LogP contribution in [-0.4, -0.2) is 45.9 Å². The van der Waals surface area contributed by atoms with Gasteiger partial charge in [-0.2, -0.15) is 0 Å². The van der Waals surface area contributed by atoms with Gasteiger partial charge in [-0.3, -0.25) is 0 Å². The molecule has 0 aromatic carbocycles. The zero-order chi connectivity index (χ0) is 17.7. The van der Waals surface area contributed by atoms with Crippen molar-refractivity contribution in [3.05, 3.63) is 0 Å². The third-order valence-electron chi connectivity index (χ3n) is 5.56. The molecule has 0 atom stereocenters. The van der Waals surface area contributed by atoms with Gasteiger partial charge in [-0.05, 0) is 57.8 Å². The molecule has 1 saturated carbocycles. The van der Waals surface area contributed by atoms with Crippen molar-refractivity contribution >= 4 is 6.09 Å². The lowest BCUT2D eigenvalue weighted by Gasteiger charge is -2.58. The van der Waals surface area contributed by atoms with E-state index in [0.29, 0.717) is 31.8 Å². The van der Waals surface area contributed by atoms with E-state index < -0.39 is 16.7 Å². The third-order valence-corrected chi connectivity index (χ3v) is 5.56. The van der Waals surface area contributed by atoms with Gasteiger partial charge in [0.1, 0.15) is 5.60 Å². The molecule has 1 aliphatic carbocycles. The minimum Gasteiger partial charge on any atom is -0.444 e. The first-order valence-corrected chi connectivity index (χ1v) is 8.75. The Bertz CT molecular complexity index is 448. The molecule has 2 rings (SSSR count). The van der Waals surface area contributed by atoms with E-state index in [1.807, 2.05) is 20.8 Å². The van der Waals surface area contributed by atoms with Crippen molar-refractivity contribution < 1.29 is 14.6 Å². The molecule has 0 bridgehead atoms. The zero-order valence-corrected chi connectivity index (χ0v) is 15.6. The number of aliphatic hydroxyl groups is 1. The number of nitrogens with two attached hydrogens (primary N) is 1. The van der Waals surface area contributed by atoms with Crippen molar-refractivity contribution in [2.75, 3.05) is 13.1 Å². The smallest absolute Gasteiger partial charge is 0.410 e. The van der Waals surface area contributed by atoms with Crippen LogP contribution >= 0.6 is 0 Å². The summed E-state index contributed by atoms with van der Waals surface area (Å²) in [6, 6.07) is 0.